The van der Waals surface area contributed by atoms with Gasteiger partial charge in [0, 0.05) is 25.7 Å². The molecule has 1 aromatic rings. The van der Waals surface area contributed by atoms with Crippen molar-refractivity contribution in [2.45, 2.75) is 38.8 Å². The van der Waals surface area contributed by atoms with E-state index in [0.717, 1.165) is 37.9 Å². The zero-order chi connectivity index (χ0) is 16.5. The molecule has 2 unspecified atom stereocenters. The number of nitrogens with one attached hydrogen (secondary N) is 1. The molecule has 1 fully saturated rings. The number of benzene rings is 1. The van der Waals surface area contributed by atoms with Crippen LogP contribution in [0.4, 0.5) is 4.79 Å². The minimum absolute atomic E-state index is 0.173. The van der Waals surface area contributed by atoms with Gasteiger partial charge in [-0.05, 0) is 37.3 Å². The second-order valence-corrected chi connectivity index (χ2v) is 6.06. The third-order valence-corrected chi connectivity index (χ3v) is 4.40. The summed E-state index contributed by atoms with van der Waals surface area (Å²) in [5.41, 5.74) is 1.00. The Morgan fingerprint density at radius 1 is 1.43 bits per heavy atom. The van der Waals surface area contributed by atoms with Crippen LogP contribution in [0.2, 0.25) is 0 Å². The van der Waals surface area contributed by atoms with Crippen LogP contribution in [-0.2, 0) is 11.3 Å². The normalized spacial score (nSPS) is 19.4. The Morgan fingerprint density at radius 3 is 2.91 bits per heavy atom. The number of amides is 1. The van der Waals surface area contributed by atoms with E-state index in [0.29, 0.717) is 19.1 Å². The predicted molar refractivity (Wildman–Crippen MR) is 90.1 cm³/mol. The zero-order valence-electron chi connectivity index (χ0n) is 13.9. The largest absolute Gasteiger partial charge is 0.445 e. The Labute approximate surface area is 138 Å². The summed E-state index contributed by atoms with van der Waals surface area (Å²) >= 11 is 0. The van der Waals surface area contributed by atoms with Gasteiger partial charge in [0.15, 0.2) is 0 Å². The van der Waals surface area contributed by atoms with Crippen LogP contribution in [0.25, 0.3) is 0 Å². The van der Waals surface area contributed by atoms with Crippen LogP contribution in [0.3, 0.4) is 0 Å². The maximum atomic E-state index is 12.3. The first-order valence-electron chi connectivity index (χ1n) is 8.54. The average Bonchev–Trinajstić information content (AvgIpc) is 2.60. The number of hydrogen-bond acceptors (Lipinski definition) is 4. The van der Waals surface area contributed by atoms with Crippen LogP contribution in [-0.4, -0.2) is 48.4 Å². The van der Waals surface area contributed by atoms with Gasteiger partial charge in [-0.1, -0.05) is 37.3 Å². The van der Waals surface area contributed by atoms with E-state index in [2.05, 4.69) is 12.2 Å². The van der Waals surface area contributed by atoms with Crippen molar-refractivity contribution in [3.05, 3.63) is 35.9 Å². The first-order chi connectivity index (χ1) is 11.2. The van der Waals surface area contributed by atoms with Crippen LogP contribution in [0, 0.1) is 5.92 Å². The number of aliphatic hydroxyl groups excluding tert-OH is 1. The summed E-state index contributed by atoms with van der Waals surface area (Å²) in [5.74, 6) is 0.375. The highest BCUT2D eigenvalue weighted by molar-refractivity contribution is 5.67. The maximum Gasteiger partial charge on any atom is 0.410 e. The molecular formula is C18H28N2O3. The van der Waals surface area contributed by atoms with Crippen LogP contribution < -0.4 is 5.32 Å². The highest BCUT2D eigenvalue weighted by Crippen LogP contribution is 2.22. The number of carbonyl (C=O) groups is 1. The highest BCUT2D eigenvalue weighted by atomic mass is 16.6. The van der Waals surface area contributed by atoms with Gasteiger partial charge < -0.3 is 20.1 Å². The number of nitrogens with zero attached hydrogens (tertiary/aromatic N) is 1. The van der Waals surface area contributed by atoms with E-state index in [9.17, 15) is 9.90 Å². The number of piperidine rings is 1. The average molecular weight is 320 g/mol. The summed E-state index contributed by atoms with van der Waals surface area (Å²) in [5, 5.41) is 12.7. The number of ether oxygens (including phenoxy) is 1. The van der Waals surface area contributed by atoms with Gasteiger partial charge in [0.1, 0.15) is 6.61 Å². The van der Waals surface area contributed by atoms with Gasteiger partial charge in [-0.25, -0.2) is 4.79 Å². The van der Waals surface area contributed by atoms with Crippen molar-refractivity contribution in [1.29, 1.82) is 0 Å². The standard InChI is InChI=1S/C18H28N2O3/c1-2-19-17(10-12-21)16-9-6-11-20(13-16)18(22)23-14-15-7-4-3-5-8-15/h3-5,7-8,16-17,19,21H,2,6,9-14H2,1H3. The molecule has 0 radical (unpaired) electrons. The van der Waals surface area contributed by atoms with E-state index in [1.54, 1.807) is 4.90 Å². The molecule has 5 nitrogen and oxygen atoms in total. The quantitative estimate of drug-likeness (QED) is 0.810. The number of likely N-dealkylation sites (tertiary alicyclic amines) is 1. The van der Waals surface area contributed by atoms with Gasteiger partial charge in [-0.3, -0.25) is 0 Å². The van der Waals surface area contributed by atoms with E-state index in [4.69, 9.17) is 4.74 Å². The molecule has 1 amide bonds. The first-order valence-corrected chi connectivity index (χ1v) is 8.54. The van der Waals surface area contributed by atoms with E-state index >= 15 is 0 Å². The molecule has 2 N–H and O–H groups in total. The monoisotopic (exact) mass is 320 g/mol. The van der Waals surface area contributed by atoms with E-state index in [1.807, 2.05) is 30.3 Å². The van der Waals surface area contributed by atoms with Crippen LogP contribution in [0.5, 0.6) is 0 Å². The van der Waals surface area contributed by atoms with Gasteiger partial charge in [0.25, 0.3) is 0 Å². The number of hydrogen-bond donors (Lipinski definition) is 2. The summed E-state index contributed by atoms with van der Waals surface area (Å²) in [4.78, 5) is 14.1. The van der Waals surface area contributed by atoms with Gasteiger partial charge in [0.2, 0.25) is 0 Å². The molecule has 0 aliphatic carbocycles. The Bertz CT molecular complexity index is 461. The van der Waals surface area contributed by atoms with Crippen LogP contribution >= 0.6 is 0 Å². The molecule has 2 rings (SSSR count). The smallest absolute Gasteiger partial charge is 0.410 e. The third-order valence-electron chi connectivity index (χ3n) is 4.40. The topological polar surface area (TPSA) is 61.8 Å². The Balaban J connectivity index is 1.85. The van der Waals surface area contributed by atoms with Crippen molar-refractivity contribution in [2.75, 3.05) is 26.2 Å². The molecule has 0 bridgehead atoms. The zero-order valence-corrected chi connectivity index (χ0v) is 13.9. The third kappa shape index (κ3) is 5.52. The van der Waals surface area contributed by atoms with Crippen molar-refractivity contribution < 1.29 is 14.6 Å². The Hall–Kier alpha value is -1.59. The predicted octanol–water partition coefficient (Wildman–Crippen LogP) is 2.40. The molecule has 5 heteroatoms. The highest BCUT2D eigenvalue weighted by Gasteiger charge is 2.29. The summed E-state index contributed by atoms with van der Waals surface area (Å²) in [6, 6.07) is 9.99. The number of rotatable bonds is 7. The Kier molecular flexibility index (Phi) is 7.36. The lowest BCUT2D eigenvalue weighted by Gasteiger charge is -2.36. The Morgan fingerprint density at radius 2 is 2.22 bits per heavy atom. The molecular weight excluding hydrogens is 292 g/mol. The van der Waals surface area contributed by atoms with Gasteiger partial charge in [0.05, 0.1) is 0 Å². The summed E-state index contributed by atoms with van der Waals surface area (Å²) in [7, 11) is 0. The number of carbonyl (C=O) groups excluding carboxylic acids is 1. The molecule has 0 aromatic heterocycles. The summed E-state index contributed by atoms with van der Waals surface area (Å²) in [6.07, 6.45) is 2.56. The molecule has 23 heavy (non-hydrogen) atoms. The molecule has 0 spiro atoms. The van der Waals surface area contributed by atoms with Gasteiger partial charge >= 0.3 is 6.09 Å². The minimum atomic E-state index is -0.238. The number of aliphatic hydroxyl groups is 1. The van der Waals surface area contributed by atoms with Crippen molar-refractivity contribution in [2.24, 2.45) is 5.92 Å². The SMILES string of the molecule is CCNC(CCO)C1CCCN(C(=O)OCc2ccccc2)C1. The van der Waals surface area contributed by atoms with Gasteiger partial charge in [-0.2, -0.15) is 0 Å². The fourth-order valence-electron chi connectivity index (χ4n) is 3.22. The fraction of sp³-hybridized carbons (Fsp3) is 0.611. The minimum Gasteiger partial charge on any atom is -0.445 e. The second kappa shape index (κ2) is 9.53. The van der Waals surface area contributed by atoms with Crippen molar-refractivity contribution in [3.8, 4) is 0 Å². The summed E-state index contributed by atoms with van der Waals surface area (Å²) in [6.45, 7) is 4.88. The fourth-order valence-corrected chi connectivity index (χ4v) is 3.22. The van der Waals surface area contributed by atoms with Crippen molar-refractivity contribution >= 4 is 6.09 Å². The van der Waals surface area contributed by atoms with E-state index in [1.165, 1.54) is 0 Å². The molecule has 1 aliphatic rings. The van der Waals surface area contributed by atoms with E-state index < -0.39 is 0 Å². The van der Waals surface area contributed by atoms with Crippen LogP contribution in [0.1, 0.15) is 31.7 Å². The maximum absolute atomic E-state index is 12.3. The lowest BCUT2D eigenvalue weighted by Crippen LogP contribution is -2.48. The lowest BCUT2D eigenvalue weighted by molar-refractivity contribution is 0.0714. The van der Waals surface area contributed by atoms with Crippen molar-refractivity contribution in [1.82, 2.24) is 10.2 Å². The van der Waals surface area contributed by atoms with Gasteiger partial charge in [-0.15, -0.1) is 0 Å². The van der Waals surface area contributed by atoms with E-state index in [-0.39, 0.29) is 18.7 Å². The molecule has 1 aliphatic heterocycles. The first kappa shape index (κ1) is 17.8. The van der Waals surface area contributed by atoms with Crippen LogP contribution in [0.15, 0.2) is 30.3 Å². The molecule has 128 valence electrons. The lowest BCUT2D eigenvalue weighted by atomic mass is 9.89. The summed E-state index contributed by atoms with van der Waals surface area (Å²) < 4.78 is 5.43. The second-order valence-electron chi connectivity index (χ2n) is 6.06. The molecule has 1 heterocycles. The molecule has 1 saturated heterocycles. The molecule has 0 saturated carbocycles. The van der Waals surface area contributed by atoms with Crippen molar-refractivity contribution in [3.63, 3.8) is 0 Å². The molecule has 1 aromatic carbocycles. The molecule has 2 atom stereocenters.